The van der Waals surface area contributed by atoms with Gasteiger partial charge in [-0.3, -0.25) is 0 Å². The van der Waals surface area contributed by atoms with Gasteiger partial charge in [0.15, 0.2) is 0 Å². The van der Waals surface area contributed by atoms with E-state index in [1.165, 1.54) is 30.4 Å². The molecular formula is C17H27NO2S. The predicted octanol–water partition coefficient (Wildman–Crippen LogP) is 3.61. The normalized spacial score (nSPS) is 16.1. The molecule has 0 spiro atoms. The van der Waals surface area contributed by atoms with E-state index >= 15 is 0 Å². The Morgan fingerprint density at radius 3 is 2.86 bits per heavy atom. The Kier molecular flexibility index (Phi) is 7.41. The van der Waals surface area contributed by atoms with Crippen LogP contribution in [-0.2, 0) is 17.0 Å². The summed E-state index contributed by atoms with van der Waals surface area (Å²) in [4.78, 5) is 0. The van der Waals surface area contributed by atoms with Gasteiger partial charge in [0.2, 0.25) is 0 Å². The molecule has 0 radical (unpaired) electrons. The molecule has 1 saturated heterocycles. The largest absolute Gasteiger partial charge is 0.496 e. The molecule has 3 nitrogen and oxygen atoms in total. The summed E-state index contributed by atoms with van der Waals surface area (Å²) >= 11 is 2.04. The van der Waals surface area contributed by atoms with Gasteiger partial charge < -0.3 is 14.8 Å². The lowest BCUT2D eigenvalue weighted by Crippen LogP contribution is -2.17. The molecule has 1 aliphatic heterocycles. The summed E-state index contributed by atoms with van der Waals surface area (Å²) in [6.07, 6.45) is 3.51. The van der Waals surface area contributed by atoms with Crippen LogP contribution in [0.25, 0.3) is 0 Å². The Morgan fingerprint density at radius 1 is 1.33 bits per heavy atom. The summed E-state index contributed by atoms with van der Waals surface area (Å²) in [5.41, 5.74) is 2.65. The Balaban J connectivity index is 1.92. The zero-order valence-corrected chi connectivity index (χ0v) is 14.0. The first-order valence-electron chi connectivity index (χ1n) is 7.89. The number of ether oxygens (including phenoxy) is 2. The molecule has 2 rings (SSSR count). The predicted molar refractivity (Wildman–Crippen MR) is 90.1 cm³/mol. The van der Waals surface area contributed by atoms with Crippen LogP contribution in [0, 0.1) is 0 Å². The van der Waals surface area contributed by atoms with Gasteiger partial charge >= 0.3 is 0 Å². The molecule has 118 valence electrons. The van der Waals surface area contributed by atoms with Crippen molar-refractivity contribution in [3.05, 3.63) is 29.3 Å². The smallest absolute Gasteiger partial charge is 0.122 e. The van der Waals surface area contributed by atoms with E-state index in [1.807, 2.05) is 11.8 Å². The molecule has 1 fully saturated rings. The van der Waals surface area contributed by atoms with Gasteiger partial charge in [-0.2, -0.15) is 11.8 Å². The van der Waals surface area contributed by atoms with E-state index in [0.717, 1.165) is 43.1 Å². The molecule has 1 aromatic carbocycles. The minimum atomic E-state index is 0.727. The number of rotatable bonds is 8. The van der Waals surface area contributed by atoms with Gasteiger partial charge in [0.1, 0.15) is 5.75 Å². The number of benzene rings is 1. The first-order valence-corrected chi connectivity index (χ1v) is 8.94. The van der Waals surface area contributed by atoms with Crippen molar-refractivity contribution >= 4 is 11.8 Å². The Bertz CT molecular complexity index is 419. The topological polar surface area (TPSA) is 30.5 Å². The van der Waals surface area contributed by atoms with Crippen LogP contribution in [0.2, 0.25) is 0 Å². The van der Waals surface area contributed by atoms with Crippen molar-refractivity contribution in [3.8, 4) is 5.75 Å². The first-order chi connectivity index (χ1) is 10.3. The summed E-state index contributed by atoms with van der Waals surface area (Å²) < 4.78 is 10.9. The van der Waals surface area contributed by atoms with Gasteiger partial charge in [-0.15, -0.1) is 0 Å². The lowest BCUT2D eigenvalue weighted by Gasteiger charge is -2.22. The second kappa shape index (κ2) is 9.34. The average molecular weight is 309 g/mol. The Labute approximate surface area is 132 Å². The molecule has 0 bridgehead atoms. The molecule has 0 aromatic heterocycles. The van der Waals surface area contributed by atoms with E-state index in [0.29, 0.717) is 0 Å². The summed E-state index contributed by atoms with van der Waals surface area (Å²) in [5.74, 6) is 2.03. The minimum absolute atomic E-state index is 0.727. The first kappa shape index (κ1) is 16.7. The maximum absolute atomic E-state index is 5.51. The van der Waals surface area contributed by atoms with Gasteiger partial charge in [-0.25, -0.2) is 0 Å². The molecule has 0 saturated carbocycles. The van der Waals surface area contributed by atoms with Crippen molar-refractivity contribution in [3.63, 3.8) is 0 Å². The number of hydrogen-bond donors (Lipinski definition) is 1. The standard InChI is InChI=1S/C17H27NO2S/c1-3-8-18-12-14-4-5-17(19-2)15(11-14)13-21-16-6-9-20-10-7-16/h4-5,11,16,18H,3,6-10,12-13H2,1-2H3. The molecule has 1 heterocycles. The fraction of sp³-hybridized carbons (Fsp3) is 0.647. The molecule has 21 heavy (non-hydrogen) atoms. The lowest BCUT2D eigenvalue weighted by atomic mass is 10.1. The fourth-order valence-electron chi connectivity index (χ4n) is 2.51. The third-order valence-electron chi connectivity index (χ3n) is 3.74. The molecular weight excluding hydrogens is 282 g/mol. The maximum Gasteiger partial charge on any atom is 0.122 e. The SMILES string of the molecule is CCCNCc1ccc(OC)c(CSC2CCOCC2)c1. The van der Waals surface area contributed by atoms with Crippen molar-refractivity contribution in [2.45, 2.75) is 43.7 Å². The zero-order chi connectivity index (χ0) is 14.9. The van der Waals surface area contributed by atoms with Gasteiger partial charge in [0.25, 0.3) is 0 Å². The maximum atomic E-state index is 5.51. The highest BCUT2D eigenvalue weighted by Crippen LogP contribution is 2.30. The van der Waals surface area contributed by atoms with Crippen LogP contribution >= 0.6 is 11.8 Å². The van der Waals surface area contributed by atoms with E-state index in [-0.39, 0.29) is 0 Å². The number of methoxy groups -OCH3 is 1. The zero-order valence-electron chi connectivity index (χ0n) is 13.2. The van der Waals surface area contributed by atoms with Gasteiger partial charge in [-0.1, -0.05) is 13.0 Å². The van der Waals surface area contributed by atoms with E-state index in [4.69, 9.17) is 9.47 Å². The molecule has 0 amide bonds. The van der Waals surface area contributed by atoms with Crippen molar-refractivity contribution in [1.29, 1.82) is 0 Å². The van der Waals surface area contributed by atoms with Crippen molar-refractivity contribution in [2.75, 3.05) is 26.9 Å². The van der Waals surface area contributed by atoms with Crippen LogP contribution in [0.3, 0.4) is 0 Å². The monoisotopic (exact) mass is 309 g/mol. The molecule has 0 atom stereocenters. The third-order valence-corrected chi connectivity index (χ3v) is 5.16. The fourth-order valence-corrected chi connectivity index (χ4v) is 3.68. The number of nitrogens with one attached hydrogen (secondary N) is 1. The van der Waals surface area contributed by atoms with Crippen LogP contribution in [0.4, 0.5) is 0 Å². The molecule has 1 aromatic rings. The number of hydrogen-bond acceptors (Lipinski definition) is 4. The van der Waals surface area contributed by atoms with Crippen molar-refractivity contribution < 1.29 is 9.47 Å². The van der Waals surface area contributed by atoms with Crippen LogP contribution in [0.1, 0.15) is 37.3 Å². The van der Waals surface area contributed by atoms with E-state index < -0.39 is 0 Å². The van der Waals surface area contributed by atoms with Crippen molar-refractivity contribution in [2.24, 2.45) is 0 Å². The second-order valence-corrected chi connectivity index (χ2v) is 6.73. The molecule has 0 unspecified atom stereocenters. The van der Waals surface area contributed by atoms with Crippen LogP contribution < -0.4 is 10.1 Å². The summed E-state index contributed by atoms with van der Waals surface area (Å²) in [6.45, 7) is 6.02. The van der Waals surface area contributed by atoms with E-state index in [9.17, 15) is 0 Å². The highest BCUT2D eigenvalue weighted by molar-refractivity contribution is 7.99. The van der Waals surface area contributed by atoms with Crippen LogP contribution in [0.5, 0.6) is 5.75 Å². The quantitative estimate of drug-likeness (QED) is 0.743. The second-order valence-electron chi connectivity index (χ2n) is 5.45. The molecule has 1 aliphatic rings. The Morgan fingerprint density at radius 2 is 2.14 bits per heavy atom. The summed E-state index contributed by atoms with van der Waals surface area (Å²) in [7, 11) is 1.76. The third kappa shape index (κ3) is 5.53. The Hall–Kier alpha value is -0.710. The average Bonchev–Trinajstić information content (AvgIpc) is 2.54. The summed E-state index contributed by atoms with van der Waals surface area (Å²) in [6, 6.07) is 6.54. The van der Waals surface area contributed by atoms with Crippen LogP contribution in [0.15, 0.2) is 18.2 Å². The van der Waals surface area contributed by atoms with Crippen molar-refractivity contribution in [1.82, 2.24) is 5.32 Å². The van der Waals surface area contributed by atoms with Crippen LogP contribution in [-0.4, -0.2) is 32.1 Å². The highest BCUT2D eigenvalue weighted by Gasteiger charge is 2.15. The minimum Gasteiger partial charge on any atom is -0.496 e. The highest BCUT2D eigenvalue weighted by atomic mass is 32.2. The molecule has 1 N–H and O–H groups in total. The number of thioether (sulfide) groups is 1. The van der Waals surface area contributed by atoms with Gasteiger partial charge in [0.05, 0.1) is 7.11 Å². The molecule has 4 heteroatoms. The van der Waals surface area contributed by atoms with Gasteiger partial charge in [0, 0.05) is 36.3 Å². The van der Waals surface area contributed by atoms with Gasteiger partial charge in [-0.05, 0) is 43.5 Å². The van der Waals surface area contributed by atoms with E-state index in [2.05, 4.69) is 30.4 Å². The summed E-state index contributed by atoms with van der Waals surface area (Å²) in [5, 5.41) is 4.18. The van der Waals surface area contributed by atoms with E-state index in [1.54, 1.807) is 7.11 Å². The lowest BCUT2D eigenvalue weighted by molar-refractivity contribution is 0.1000. The molecule has 0 aliphatic carbocycles.